The lowest BCUT2D eigenvalue weighted by atomic mass is 10.1. The largest absolute Gasteiger partial charge is 0.350 e. The molecule has 22 heavy (non-hydrogen) atoms. The van der Waals surface area contributed by atoms with Crippen LogP contribution in [0.5, 0.6) is 0 Å². The third-order valence-electron chi connectivity index (χ3n) is 3.52. The third kappa shape index (κ3) is 2.94. The molecule has 0 unspecified atom stereocenters. The van der Waals surface area contributed by atoms with Gasteiger partial charge >= 0.3 is 0 Å². The number of benzene rings is 1. The van der Waals surface area contributed by atoms with E-state index in [0.29, 0.717) is 12.1 Å². The monoisotopic (exact) mass is 312 g/mol. The molecule has 0 aliphatic heterocycles. The second-order valence-electron chi connectivity index (χ2n) is 5.10. The average molecular weight is 312 g/mol. The van der Waals surface area contributed by atoms with Gasteiger partial charge in [-0.05, 0) is 24.4 Å². The minimum atomic E-state index is -0.0655. The van der Waals surface area contributed by atoms with Crippen LogP contribution in [0.1, 0.15) is 22.2 Å². The Morgan fingerprint density at radius 2 is 2.00 bits per heavy atom. The predicted octanol–water partition coefficient (Wildman–Crippen LogP) is 3.22. The van der Waals surface area contributed by atoms with Crippen molar-refractivity contribution in [2.45, 2.75) is 20.0 Å². The normalized spacial score (nSPS) is 10.8. The van der Waals surface area contributed by atoms with Crippen molar-refractivity contribution >= 4 is 33.9 Å². The number of rotatable bonds is 5. The van der Waals surface area contributed by atoms with Crippen molar-refractivity contribution in [1.29, 1.82) is 0 Å². The number of carbonyl (C=O) groups is 2. The summed E-state index contributed by atoms with van der Waals surface area (Å²) in [5.74, 6) is -0.0572. The number of nitrogens with zero attached hydrogens (tertiary/aromatic N) is 1. The van der Waals surface area contributed by atoms with E-state index in [0.717, 1.165) is 15.8 Å². The second kappa shape index (κ2) is 6.15. The SMILES string of the molecule is CC(=O)c1cn(CC(=O)NCc2cccs2)c2ccccc12. The van der Waals surface area contributed by atoms with Crippen LogP contribution in [-0.4, -0.2) is 16.3 Å². The van der Waals surface area contributed by atoms with Gasteiger partial charge in [-0.2, -0.15) is 0 Å². The summed E-state index contributed by atoms with van der Waals surface area (Å²) in [6.45, 7) is 2.29. The van der Waals surface area contributed by atoms with Crippen LogP contribution < -0.4 is 5.32 Å². The number of nitrogens with one attached hydrogen (secondary N) is 1. The topological polar surface area (TPSA) is 51.1 Å². The van der Waals surface area contributed by atoms with Gasteiger partial charge in [0.05, 0.1) is 6.54 Å². The molecule has 0 saturated carbocycles. The highest BCUT2D eigenvalue weighted by Gasteiger charge is 2.13. The highest BCUT2D eigenvalue weighted by molar-refractivity contribution is 7.09. The van der Waals surface area contributed by atoms with E-state index in [-0.39, 0.29) is 18.2 Å². The Kier molecular flexibility index (Phi) is 4.06. The molecule has 0 fully saturated rings. The first-order valence-electron chi connectivity index (χ1n) is 7.03. The summed E-state index contributed by atoms with van der Waals surface area (Å²) in [5.41, 5.74) is 1.56. The van der Waals surface area contributed by atoms with Crippen molar-refractivity contribution in [2.75, 3.05) is 0 Å². The van der Waals surface area contributed by atoms with Crippen LogP contribution in [0.3, 0.4) is 0 Å². The number of hydrogen-bond acceptors (Lipinski definition) is 3. The fourth-order valence-corrected chi connectivity index (χ4v) is 3.11. The number of hydrogen-bond donors (Lipinski definition) is 1. The first kappa shape index (κ1) is 14.5. The molecule has 4 nitrogen and oxygen atoms in total. The maximum absolute atomic E-state index is 12.1. The first-order valence-corrected chi connectivity index (χ1v) is 7.91. The molecule has 112 valence electrons. The molecule has 0 bridgehead atoms. The summed E-state index contributed by atoms with van der Waals surface area (Å²) >= 11 is 1.62. The van der Waals surface area contributed by atoms with E-state index in [4.69, 9.17) is 0 Å². The minimum absolute atomic E-state index is 0.00828. The molecule has 0 aliphatic rings. The third-order valence-corrected chi connectivity index (χ3v) is 4.40. The van der Waals surface area contributed by atoms with Crippen molar-refractivity contribution in [1.82, 2.24) is 9.88 Å². The molecule has 1 amide bonds. The van der Waals surface area contributed by atoms with Gasteiger partial charge in [0.25, 0.3) is 0 Å². The number of thiophene rings is 1. The Bertz CT molecular complexity index is 818. The molecule has 0 atom stereocenters. The van der Waals surface area contributed by atoms with Gasteiger partial charge in [0.15, 0.2) is 5.78 Å². The van der Waals surface area contributed by atoms with Crippen LogP contribution in [0.25, 0.3) is 10.9 Å². The van der Waals surface area contributed by atoms with Crippen molar-refractivity contribution in [3.05, 3.63) is 58.4 Å². The fraction of sp³-hybridized carbons (Fsp3) is 0.176. The molecule has 0 radical (unpaired) electrons. The van der Waals surface area contributed by atoms with Crippen LogP contribution in [0.2, 0.25) is 0 Å². The lowest BCUT2D eigenvalue weighted by molar-refractivity contribution is -0.121. The molecule has 2 aromatic heterocycles. The van der Waals surface area contributed by atoms with E-state index in [1.54, 1.807) is 24.5 Å². The van der Waals surface area contributed by atoms with Crippen molar-refractivity contribution < 1.29 is 9.59 Å². The number of ketones is 1. The molecule has 0 saturated heterocycles. The highest BCUT2D eigenvalue weighted by Crippen LogP contribution is 2.21. The Morgan fingerprint density at radius 1 is 1.18 bits per heavy atom. The average Bonchev–Trinajstić information content (AvgIpc) is 3.13. The van der Waals surface area contributed by atoms with Gasteiger partial charge < -0.3 is 9.88 Å². The van der Waals surface area contributed by atoms with Gasteiger partial charge in [0.2, 0.25) is 5.91 Å². The molecule has 1 aromatic carbocycles. The lowest BCUT2D eigenvalue weighted by Crippen LogP contribution is -2.26. The summed E-state index contributed by atoms with van der Waals surface area (Å²) in [4.78, 5) is 25.0. The number of fused-ring (bicyclic) bond motifs is 1. The molecule has 1 N–H and O–H groups in total. The molecule has 0 spiro atoms. The number of amides is 1. The van der Waals surface area contributed by atoms with E-state index in [9.17, 15) is 9.59 Å². The molecular formula is C17H16N2O2S. The van der Waals surface area contributed by atoms with E-state index < -0.39 is 0 Å². The fourth-order valence-electron chi connectivity index (χ4n) is 2.47. The molecule has 5 heteroatoms. The van der Waals surface area contributed by atoms with Gasteiger partial charge in [-0.25, -0.2) is 0 Å². The summed E-state index contributed by atoms with van der Waals surface area (Å²) < 4.78 is 1.83. The van der Waals surface area contributed by atoms with Gasteiger partial charge in [0, 0.05) is 27.5 Å². The van der Waals surface area contributed by atoms with Crippen molar-refractivity contribution in [2.24, 2.45) is 0 Å². The summed E-state index contributed by atoms with van der Waals surface area (Å²) in [6.07, 6.45) is 1.76. The summed E-state index contributed by atoms with van der Waals surface area (Å²) in [6, 6.07) is 11.6. The minimum Gasteiger partial charge on any atom is -0.350 e. The maximum atomic E-state index is 12.1. The van der Waals surface area contributed by atoms with E-state index in [1.807, 2.05) is 46.3 Å². The zero-order valence-electron chi connectivity index (χ0n) is 12.2. The standard InChI is InChI=1S/C17H16N2O2S/c1-12(20)15-10-19(16-7-3-2-6-14(15)16)11-17(21)18-9-13-5-4-8-22-13/h2-8,10H,9,11H2,1H3,(H,18,21). The molecule has 2 heterocycles. The number of para-hydroxylation sites is 1. The van der Waals surface area contributed by atoms with Crippen molar-refractivity contribution in [3.8, 4) is 0 Å². The van der Waals surface area contributed by atoms with Crippen LogP contribution in [0.15, 0.2) is 48.0 Å². The van der Waals surface area contributed by atoms with E-state index in [1.165, 1.54) is 0 Å². The maximum Gasteiger partial charge on any atom is 0.240 e. The molecule has 3 rings (SSSR count). The van der Waals surface area contributed by atoms with Gasteiger partial charge in [-0.3, -0.25) is 9.59 Å². The van der Waals surface area contributed by atoms with Crippen LogP contribution in [0, 0.1) is 0 Å². The van der Waals surface area contributed by atoms with E-state index >= 15 is 0 Å². The van der Waals surface area contributed by atoms with Gasteiger partial charge in [0.1, 0.15) is 6.54 Å². The second-order valence-corrected chi connectivity index (χ2v) is 6.13. The van der Waals surface area contributed by atoms with Crippen LogP contribution in [0.4, 0.5) is 0 Å². The van der Waals surface area contributed by atoms with Crippen LogP contribution in [-0.2, 0) is 17.9 Å². The lowest BCUT2D eigenvalue weighted by Gasteiger charge is -2.06. The predicted molar refractivity (Wildman–Crippen MR) is 88.1 cm³/mol. The number of Topliss-reactive ketones (excluding diaryl/α,β-unsaturated/α-hetero) is 1. The summed E-state index contributed by atoms with van der Waals surface area (Å²) in [7, 11) is 0. The Balaban J connectivity index is 1.78. The quantitative estimate of drug-likeness (QED) is 0.735. The smallest absolute Gasteiger partial charge is 0.240 e. The van der Waals surface area contributed by atoms with Crippen molar-refractivity contribution in [3.63, 3.8) is 0 Å². The van der Waals surface area contributed by atoms with Gasteiger partial charge in [-0.15, -0.1) is 11.3 Å². The zero-order chi connectivity index (χ0) is 15.5. The van der Waals surface area contributed by atoms with Crippen LogP contribution >= 0.6 is 11.3 Å². The molecule has 0 aliphatic carbocycles. The zero-order valence-corrected chi connectivity index (χ0v) is 13.0. The Morgan fingerprint density at radius 3 is 2.73 bits per heavy atom. The first-order chi connectivity index (χ1) is 10.6. The van der Waals surface area contributed by atoms with E-state index in [2.05, 4.69) is 5.32 Å². The number of aromatic nitrogens is 1. The molecule has 3 aromatic rings. The Labute approximate surface area is 132 Å². The number of carbonyl (C=O) groups excluding carboxylic acids is 2. The summed E-state index contributed by atoms with van der Waals surface area (Å²) in [5, 5.41) is 5.78. The highest BCUT2D eigenvalue weighted by atomic mass is 32.1. The van der Waals surface area contributed by atoms with Gasteiger partial charge in [-0.1, -0.05) is 24.3 Å². The Hall–Kier alpha value is -2.40. The molecular weight excluding hydrogens is 296 g/mol.